The quantitative estimate of drug-likeness (QED) is 0.880. The molecule has 4 heteroatoms. The lowest BCUT2D eigenvalue weighted by molar-refractivity contribution is 0.0664. The molecule has 0 spiro atoms. The first-order chi connectivity index (χ1) is 8.83. The predicted octanol–water partition coefficient (Wildman–Crippen LogP) is 1.59. The normalized spacial score (nSPS) is 20.8. The Morgan fingerprint density at radius 3 is 3.06 bits per heavy atom. The second-order valence-corrected chi connectivity index (χ2v) is 4.76. The Labute approximate surface area is 109 Å². The SMILES string of the molecule is CCC1CN(c2ccc(CCN)cn2)CCCO1. The van der Waals surface area contributed by atoms with E-state index in [2.05, 4.69) is 28.9 Å². The fourth-order valence-electron chi connectivity index (χ4n) is 2.27. The van der Waals surface area contributed by atoms with Gasteiger partial charge in [-0.25, -0.2) is 4.98 Å². The van der Waals surface area contributed by atoms with E-state index >= 15 is 0 Å². The van der Waals surface area contributed by atoms with Crippen molar-refractivity contribution in [1.82, 2.24) is 4.98 Å². The van der Waals surface area contributed by atoms with Crippen molar-refractivity contribution in [2.45, 2.75) is 32.3 Å². The predicted molar refractivity (Wildman–Crippen MR) is 73.9 cm³/mol. The zero-order chi connectivity index (χ0) is 12.8. The number of hydrogen-bond donors (Lipinski definition) is 1. The smallest absolute Gasteiger partial charge is 0.128 e. The molecule has 1 aliphatic heterocycles. The molecule has 1 atom stereocenters. The van der Waals surface area contributed by atoms with Crippen LogP contribution in [-0.2, 0) is 11.2 Å². The molecule has 4 nitrogen and oxygen atoms in total. The first-order valence-electron chi connectivity index (χ1n) is 6.85. The van der Waals surface area contributed by atoms with Crippen LogP contribution >= 0.6 is 0 Å². The van der Waals surface area contributed by atoms with Crippen LogP contribution in [0.2, 0.25) is 0 Å². The summed E-state index contributed by atoms with van der Waals surface area (Å²) in [4.78, 5) is 6.87. The van der Waals surface area contributed by atoms with Crippen LogP contribution in [-0.4, -0.2) is 37.3 Å². The molecule has 18 heavy (non-hydrogen) atoms. The number of aromatic nitrogens is 1. The molecular weight excluding hydrogens is 226 g/mol. The van der Waals surface area contributed by atoms with Gasteiger partial charge in [0.1, 0.15) is 5.82 Å². The van der Waals surface area contributed by atoms with Gasteiger partial charge in [-0.05, 0) is 37.4 Å². The molecule has 0 radical (unpaired) electrons. The van der Waals surface area contributed by atoms with E-state index in [4.69, 9.17) is 10.5 Å². The van der Waals surface area contributed by atoms with Crippen LogP contribution in [0.4, 0.5) is 5.82 Å². The van der Waals surface area contributed by atoms with E-state index in [1.165, 1.54) is 5.56 Å². The van der Waals surface area contributed by atoms with E-state index in [1.54, 1.807) is 0 Å². The van der Waals surface area contributed by atoms with Crippen LogP contribution in [0, 0.1) is 0 Å². The molecule has 0 amide bonds. The number of anilines is 1. The Morgan fingerprint density at radius 2 is 2.39 bits per heavy atom. The summed E-state index contributed by atoms with van der Waals surface area (Å²) in [7, 11) is 0. The van der Waals surface area contributed by atoms with E-state index in [9.17, 15) is 0 Å². The lowest BCUT2D eigenvalue weighted by Crippen LogP contribution is -2.31. The minimum atomic E-state index is 0.331. The molecule has 1 saturated heterocycles. The van der Waals surface area contributed by atoms with Gasteiger partial charge in [0.05, 0.1) is 6.10 Å². The van der Waals surface area contributed by atoms with E-state index in [-0.39, 0.29) is 0 Å². The lowest BCUT2D eigenvalue weighted by Gasteiger charge is -2.24. The molecular formula is C14H23N3O. The summed E-state index contributed by atoms with van der Waals surface area (Å²) in [6, 6.07) is 4.23. The Morgan fingerprint density at radius 1 is 1.50 bits per heavy atom. The van der Waals surface area contributed by atoms with Crippen LogP contribution in [0.25, 0.3) is 0 Å². The molecule has 100 valence electrons. The van der Waals surface area contributed by atoms with Gasteiger partial charge in [-0.3, -0.25) is 0 Å². The third-order valence-corrected chi connectivity index (χ3v) is 3.37. The van der Waals surface area contributed by atoms with E-state index in [1.807, 2.05) is 6.20 Å². The highest BCUT2D eigenvalue weighted by Gasteiger charge is 2.18. The van der Waals surface area contributed by atoms with Crippen LogP contribution in [0.1, 0.15) is 25.3 Å². The Balaban J connectivity index is 2.04. The molecule has 2 N–H and O–H groups in total. The maximum absolute atomic E-state index is 5.78. The zero-order valence-electron chi connectivity index (χ0n) is 11.1. The molecule has 1 aromatic rings. The minimum Gasteiger partial charge on any atom is -0.376 e. The van der Waals surface area contributed by atoms with Crippen molar-refractivity contribution in [1.29, 1.82) is 0 Å². The van der Waals surface area contributed by atoms with Gasteiger partial charge in [0.25, 0.3) is 0 Å². The van der Waals surface area contributed by atoms with Crippen LogP contribution in [0.5, 0.6) is 0 Å². The van der Waals surface area contributed by atoms with Crippen molar-refractivity contribution in [3.05, 3.63) is 23.9 Å². The van der Waals surface area contributed by atoms with Crippen molar-refractivity contribution >= 4 is 5.82 Å². The third-order valence-electron chi connectivity index (χ3n) is 3.37. The third kappa shape index (κ3) is 3.43. The number of pyridine rings is 1. The second kappa shape index (κ2) is 6.71. The highest BCUT2D eigenvalue weighted by atomic mass is 16.5. The van der Waals surface area contributed by atoms with Crippen molar-refractivity contribution in [2.24, 2.45) is 5.73 Å². The van der Waals surface area contributed by atoms with Gasteiger partial charge in [-0.1, -0.05) is 13.0 Å². The van der Waals surface area contributed by atoms with Gasteiger partial charge in [-0.2, -0.15) is 0 Å². The zero-order valence-corrected chi connectivity index (χ0v) is 11.1. The second-order valence-electron chi connectivity index (χ2n) is 4.76. The topological polar surface area (TPSA) is 51.4 Å². The van der Waals surface area contributed by atoms with Crippen molar-refractivity contribution < 1.29 is 4.74 Å². The minimum absolute atomic E-state index is 0.331. The summed E-state index contributed by atoms with van der Waals surface area (Å²) in [6.45, 7) is 5.68. The summed E-state index contributed by atoms with van der Waals surface area (Å²) in [5, 5.41) is 0. The number of ether oxygens (including phenoxy) is 1. The van der Waals surface area contributed by atoms with Crippen LogP contribution < -0.4 is 10.6 Å². The van der Waals surface area contributed by atoms with Crippen molar-refractivity contribution in [3.8, 4) is 0 Å². The standard InChI is InChI=1S/C14H23N3O/c1-2-13-11-17(8-3-9-18-13)14-5-4-12(6-7-15)10-16-14/h4-5,10,13H,2-3,6-9,11,15H2,1H3. The Bertz CT molecular complexity index is 353. The Hall–Kier alpha value is -1.13. The van der Waals surface area contributed by atoms with Gasteiger partial charge >= 0.3 is 0 Å². The monoisotopic (exact) mass is 249 g/mol. The number of nitrogens with two attached hydrogens (primary N) is 1. The molecule has 2 rings (SSSR count). The summed E-state index contributed by atoms with van der Waals surface area (Å²) in [6.07, 6.45) is 5.30. The van der Waals surface area contributed by atoms with E-state index < -0.39 is 0 Å². The van der Waals surface area contributed by atoms with Gasteiger partial charge in [0, 0.05) is 25.9 Å². The fraction of sp³-hybridized carbons (Fsp3) is 0.643. The largest absolute Gasteiger partial charge is 0.376 e. The van der Waals surface area contributed by atoms with Gasteiger partial charge in [0.15, 0.2) is 0 Å². The molecule has 1 unspecified atom stereocenters. The lowest BCUT2D eigenvalue weighted by atomic mass is 10.2. The van der Waals surface area contributed by atoms with Crippen molar-refractivity contribution in [3.63, 3.8) is 0 Å². The Kier molecular flexibility index (Phi) is 4.96. The fourth-order valence-corrected chi connectivity index (χ4v) is 2.27. The highest BCUT2D eigenvalue weighted by molar-refractivity contribution is 5.39. The number of rotatable bonds is 4. The number of hydrogen-bond acceptors (Lipinski definition) is 4. The van der Waals surface area contributed by atoms with Gasteiger partial charge < -0.3 is 15.4 Å². The highest BCUT2D eigenvalue weighted by Crippen LogP contribution is 2.17. The van der Waals surface area contributed by atoms with Gasteiger partial charge in [0.2, 0.25) is 0 Å². The number of nitrogens with zero attached hydrogens (tertiary/aromatic N) is 2. The molecule has 0 saturated carbocycles. The van der Waals surface area contributed by atoms with E-state index in [0.29, 0.717) is 12.6 Å². The van der Waals surface area contributed by atoms with Gasteiger partial charge in [-0.15, -0.1) is 0 Å². The maximum atomic E-state index is 5.78. The van der Waals surface area contributed by atoms with Crippen LogP contribution in [0.15, 0.2) is 18.3 Å². The maximum Gasteiger partial charge on any atom is 0.128 e. The van der Waals surface area contributed by atoms with Crippen molar-refractivity contribution in [2.75, 3.05) is 31.1 Å². The summed E-state index contributed by atoms with van der Waals surface area (Å²) < 4.78 is 5.78. The summed E-state index contributed by atoms with van der Waals surface area (Å²) >= 11 is 0. The molecule has 1 aliphatic rings. The average molecular weight is 249 g/mol. The first kappa shape index (κ1) is 13.3. The summed E-state index contributed by atoms with van der Waals surface area (Å²) in [5.74, 6) is 1.06. The van der Waals surface area contributed by atoms with Crippen LogP contribution in [0.3, 0.4) is 0 Å². The average Bonchev–Trinajstić information content (AvgIpc) is 2.65. The first-order valence-corrected chi connectivity index (χ1v) is 6.85. The van der Waals surface area contributed by atoms with E-state index in [0.717, 1.165) is 44.8 Å². The summed E-state index contributed by atoms with van der Waals surface area (Å²) in [5.41, 5.74) is 6.75. The molecule has 0 bridgehead atoms. The molecule has 0 aromatic carbocycles. The molecule has 2 heterocycles. The molecule has 0 aliphatic carbocycles. The molecule has 1 fully saturated rings. The molecule has 1 aromatic heterocycles.